The first-order valence-electron chi connectivity index (χ1n) is 6.64. The lowest BCUT2D eigenvalue weighted by Crippen LogP contribution is -2.28. The normalized spacial score (nSPS) is 10.5. The molecule has 0 unspecified atom stereocenters. The molecule has 0 aliphatic heterocycles. The van der Waals surface area contributed by atoms with Crippen LogP contribution in [0.1, 0.15) is 23.1 Å². The van der Waals surface area contributed by atoms with Crippen LogP contribution in [0.2, 0.25) is 0 Å². The Bertz CT molecular complexity index is 640. The van der Waals surface area contributed by atoms with Crippen LogP contribution >= 0.6 is 0 Å². The molecule has 2 heterocycles. The third-order valence-corrected chi connectivity index (χ3v) is 3.08. The van der Waals surface area contributed by atoms with Crippen molar-refractivity contribution in [2.24, 2.45) is 7.05 Å². The third-order valence-electron chi connectivity index (χ3n) is 3.08. The van der Waals surface area contributed by atoms with E-state index in [4.69, 9.17) is 0 Å². The maximum Gasteiger partial charge on any atom is 0.257 e. The number of aryl methyl sites for hydroxylation is 1. The number of nitrogens with one attached hydrogen (secondary N) is 1. The van der Waals surface area contributed by atoms with Crippen molar-refractivity contribution in [2.45, 2.75) is 13.5 Å². The fourth-order valence-electron chi connectivity index (χ4n) is 1.95. The molecule has 21 heavy (non-hydrogen) atoms. The van der Waals surface area contributed by atoms with E-state index in [-0.39, 0.29) is 11.5 Å². The average Bonchev–Trinajstić information content (AvgIpc) is 2.85. The Hall–Kier alpha value is -2.44. The van der Waals surface area contributed by atoms with Gasteiger partial charge in [0.25, 0.3) is 5.91 Å². The van der Waals surface area contributed by atoms with Gasteiger partial charge < -0.3 is 14.8 Å². The molecular formula is C14H18FN5O. The summed E-state index contributed by atoms with van der Waals surface area (Å²) in [6, 6.07) is 1.20. The monoisotopic (exact) mass is 291 g/mol. The van der Waals surface area contributed by atoms with E-state index >= 15 is 0 Å². The molecule has 0 aliphatic rings. The van der Waals surface area contributed by atoms with E-state index in [1.54, 1.807) is 13.2 Å². The summed E-state index contributed by atoms with van der Waals surface area (Å²) in [4.78, 5) is 22.1. The number of hydrogen-bond donors (Lipinski definition) is 1. The molecule has 1 N–H and O–H groups in total. The highest BCUT2D eigenvalue weighted by Crippen LogP contribution is 2.16. The molecule has 6 nitrogen and oxygen atoms in total. The average molecular weight is 291 g/mol. The number of anilines is 1. The molecule has 2 aromatic heterocycles. The Morgan fingerprint density at radius 1 is 1.48 bits per heavy atom. The summed E-state index contributed by atoms with van der Waals surface area (Å²) in [5.41, 5.74) is 0.216. The number of aromatic nitrogens is 3. The second kappa shape index (κ2) is 6.34. The Morgan fingerprint density at radius 3 is 2.86 bits per heavy atom. The van der Waals surface area contributed by atoms with E-state index in [9.17, 15) is 9.18 Å². The minimum Gasteiger partial charge on any atom is -0.370 e. The summed E-state index contributed by atoms with van der Waals surface area (Å²) in [6.45, 7) is 2.82. The highest BCUT2D eigenvalue weighted by Gasteiger charge is 2.19. The summed E-state index contributed by atoms with van der Waals surface area (Å²) in [5.74, 6) is 0.294. The molecule has 7 heteroatoms. The summed E-state index contributed by atoms with van der Waals surface area (Å²) >= 11 is 0. The minimum atomic E-state index is -0.537. The van der Waals surface area contributed by atoms with E-state index in [1.807, 2.05) is 24.7 Å². The van der Waals surface area contributed by atoms with Crippen molar-refractivity contribution in [2.75, 3.05) is 18.9 Å². The first-order chi connectivity index (χ1) is 10.0. The van der Waals surface area contributed by atoms with Gasteiger partial charge in [0, 0.05) is 33.0 Å². The lowest BCUT2D eigenvalue weighted by molar-refractivity contribution is 0.0780. The summed E-state index contributed by atoms with van der Waals surface area (Å²) in [7, 11) is 3.51. The quantitative estimate of drug-likeness (QED) is 0.910. The maximum absolute atomic E-state index is 13.4. The number of pyridine rings is 1. The predicted molar refractivity (Wildman–Crippen MR) is 77.4 cm³/mol. The smallest absolute Gasteiger partial charge is 0.257 e. The minimum absolute atomic E-state index is 0.216. The molecule has 0 saturated heterocycles. The van der Waals surface area contributed by atoms with Crippen LogP contribution in [-0.4, -0.2) is 38.9 Å². The number of halogens is 1. The highest BCUT2D eigenvalue weighted by atomic mass is 19.1. The first kappa shape index (κ1) is 15.0. The van der Waals surface area contributed by atoms with Gasteiger partial charge in [0.05, 0.1) is 18.3 Å². The molecule has 0 aromatic carbocycles. The van der Waals surface area contributed by atoms with Gasteiger partial charge in [-0.1, -0.05) is 0 Å². The zero-order chi connectivity index (χ0) is 15.4. The Balaban J connectivity index is 2.22. The van der Waals surface area contributed by atoms with Crippen molar-refractivity contribution >= 4 is 11.7 Å². The van der Waals surface area contributed by atoms with E-state index in [1.165, 1.54) is 11.0 Å². The van der Waals surface area contributed by atoms with Crippen LogP contribution in [0.5, 0.6) is 0 Å². The standard InChI is InChI=1S/C14H18FN5O/c1-4-16-13-11(7-10(15)8-18-13)14(21)20(3)9-12-17-5-6-19(12)2/h5-8H,4,9H2,1-3H3,(H,16,18). The molecule has 0 atom stereocenters. The number of amides is 1. The van der Waals surface area contributed by atoms with Gasteiger partial charge in [-0.25, -0.2) is 14.4 Å². The molecule has 0 radical (unpaired) electrons. The van der Waals surface area contributed by atoms with Crippen LogP contribution in [0.3, 0.4) is 0 Å². The van der Waals surface area contributed by atoms with E-state index in [2.05, 4.69) is 15.3 Å². The molecule has 0 spiro atoms. The molecule has 0 saturated carbocycles. The molecule has 0 fully saturated rings. The van der Waals surface area contributed by atoms with Gasteiger partial charge in [-0.05, 0) is 13.0 Å². The maximum atomic E-state index is 13.4. The van der Waals surface area contributed by atoms with Crippen LogP contribution in [-0.2, 0) is 13.6 Å². The largest absolute Gasteiger partial charge is 0.370 e. The SMILES string of the molecule is CCNc1ncc(F)cc1C(=O)N(C)Cc1nccn1C. The number of rotatable bonds is 5. The highest BCUT2D eigenvalue weighted by molar-refractivity contribution is 5.98. The summed E-state index contributed by atoms with van der Waals surface area (Å²) < 4.78 is 15.2. The van der Waals surface area contributed by atoms with Crippen LogP contribution < -0.4 is 5.32 Å². The van der Waals surface area contributed by atoms with Crippen molar-refractivity contribution in [3.8, 4) is 0 Å². The molecule has 0 bridgehead atoms. The van der Waals surface area contributed by atoms with Gasteiger partial charge in [0.1, 0.15) is 17.5 Å². The van der Waals surface area contributed by atoms with Crippen LogP contribution in [0, 0.1) is 5.82 Å². The molecule has 0 aliphatic carbocycles. The van der Waals surface area contributed by atoms with Gasteiger partial charge in [-0.3, -0.25) is 4.79 Å². The predicted octanol–water partition coefficient (Wildman–Crippen LogP) is 1.66. The van der Waals surface area contributed by atoms with Crippen molar-refractivity contribution in [3.05, 3.63) is 41.9 Å². The van der Waals surface area contributed by atoms with Crippen molar-refractivity contribution in [1.29, 1.82) is 0 Å². The van der Waals surface area contributed by atoms with E-state index in [0.717, 1.165) is 12.0 Å². The zero-order valence-corrected chi connectivity index (χ0v) is 12.3. The fraction of sp³-hybridized carbons (Fsp3) is 0.357. The Labute approximate surface area is 122 Å². The first-order valence-corrected chi connectivity index (χ1v) is 6.64. The Morgan fingerprint density at radius 2 is 2.24 bits per heavy atom. The van der Waals surface area contributed by atoms with Crippen molar-refractivity contribution in [3.63, 3.8) is 0 Å². The van der Waals surface area contributed by atoms with Gasteiger partial charge in [-0.15, -0.1) is 0 Å². The molecule has 2 rings (SSSR count). The molecule has 112 valence electrons. The second-order valence-electron chi connectivity index (χ2n) is 4.70. The fourth-order valence-corrected chi connectivity index (χ4v) is 1.95. The summed E-state index contributed by atoms with van der Waals surface area (Å²) in [5, 5.41) is 2.96. The van der Waals surface area contributed by atoms with Crippen molar-refractivity contribution in [1.82, 2.24) is 19.4 Å². The van der Waals surface area contributed by atoms with Crippen LogP contribution in [0.25, 0.3) is 0 Å². The second-order valence-corrected chi connectivity index (χ2v) is 4.70. The molecule has 2 aromatic rings. The third kappa shape index (κ3) is 3.36. The molecule has 1 amide bonds. The number of carbonyl (C=O) groups excluding carboxylic acids is 1. The lowest BCUT2D eigenvalue weighted by atomic mass is 10.2. The van der Waals surface area contributed by atoms with E-state index < -0.39 is 5.82 Å². The number of nitrogens with zero attached hydrogens (tertiary/aromatic N) is 4. The van der Waals surface area contributed by atoms with Gasteiger partial charge in [-0.2, -0.15) is 0 Å². The number of carbonyl (C=O) groups is 1. The van der Waals surface area contributed by atoms with Crippen LogP contribution in [0.15, 0.2) is 24.7 Å². The topological polar surface area (TPSA) is 63.1 Å². The van der Waals surface area contributed by atoms with Crippen molar-refractivity contribution < 1.29 is 9.18 Å². The number of hydrogen-bond acceptors (Lipinski definition) is 4. The summed E-state index contributed by atoms with van der Waals surface area (Å²) in [6.07, 6.45) is 4.57. The van der Waals surface area contributed by atoms with Gasteiger partial charge in [0.2, 0.25) is 0 Å². The van der Waals surface area contributed by atoms with E-state index in [0.29, 0.717) is 18.9 Å². The zero-order valence-electron chi connectivity index (χ0n) is 12.3. The van der Waals surface area contributed by atoms with Gasteiger partial charge in [0.15, 0.2) is 0 Å². The van der Waals surface area contributed by atoms with Crippen LogP contribution in [0.4, 0.5) is 10.2 Å². The van der Waals surface area contributed by atoms with Gasteiger partial charge >= 0.3 is 0 Å². The lowest BCUT2D eigenvalue weighted by Gasteiger charge is -2.18. The number of imidazole rings is 1. The Kier molecular flexibility index (Phi) is 4.52. The molecular weight excluding hydrogens is 273 g/mol.